The quantitative estimate of drug-likeness (QED) is 0.811. The van der Waals surface area contributed by atoms with Crippen LogP contribution in [0.3, 0.4) is 0 Å². The van der Waals surface area contributed by atoms with Gasteiger partial charge in [0.2, 0.25) is 11.8 Å². The molecule has 5 nitrogen and oxygen atoms in total. The third-order valence-electron chi connectivity index (χ3n) is 4.24. The Hall–Kier alpha value is -3.04. The summed E-state index contributed by atoms with van der Waals surface area (Å²) in [5.74, 6) is -0.436. The van der Waals surface area contributed by atoms with Crippen LogP contribution in [0, 0.1) is 11.3 Å². The Bertz CT molecular complexity index is 889. The second-order valence-electron chi connectivity index (χ2n) is 6.12. The number of hydrogen-bond donors (Lipinski definition) is 2. The summed E-state index contributed by atoms with van der Waals surface area (Å²) in [5.41, 5.74) is 2.44. The third-order valence-corrected chi connectivity index (χ3v) is 5.26. The molecule has 3 rings (SSSR count). The average molecular weight is 377 g/mol. The number of amides is 2. The summed E-state index contributed by atoms with van der Waals surface area (Å²) < 4.78 is 0. The molecule has 2 aromatic rings. The molecule has 6 heteroatoms. The number of thioether (sulfide) groups is 1. The summed E-state index contributed by atoms with van der Waals surface area (Å²) in [6.45, 7) is 0.448. The maximum Gasteiger partial charge on any atom is 0.230 e. The fraction of sp³-hybridized carbons (Fsp3) is 0.190. The van der Waals surface area contributed by atoms with E-state index < -0.39 is 0 Å². The second kappa shape index (κ2) is 9.06. The van der Waals surface area contributed by atoms with Gasteiger partial charge in [-0.1, -0.05) is 72.4 Å². The van der Waals surface area contributed by atoms with Gasteiger partial charge in [0.25, 0.3) is 0 Å². The van der Waals surface area contributed by atoms with E-state index in [1.807, 2.05) is 60.7 Å². The highest BCUT2D eigenvalue weighted by molar-refractivity contribution is 8.03. The van der Waals surface area contributed by atoms with Crippen molar-refractivity contribution in [2.75, 3.05) is 5.75 Å². The molecule has 0 saturated heterocycles. The second-order valence-corrected chi connectivity index (χ2v) is 7.11. The first-order valence-corrected chi connectivity index (χ1v) is 9.58. The van der Waals surface area contributed by atoms with Gasteiger partial charge in [-0.3, -0.25) is 9.59 Å². The SMILES string of the molecule is N#CC1=C(SCC(=O)NCc2ccccc2)NC(=O)C[C@@H]1c1ccccc1. The highest BCUT2D eigenvalue weighted by Crippen LogP contribution is 2.35. The Morgan fingerprint density at radius 3 is 2.48 bits per heavy atom. The molecule has 2 aromatic carbocycles. The Balaban J connectivity index is 1.66. The Kier molecular flexibility index (Phi) is 6.29. The molecule has 0 fully saturated rings. The molecule has 1 atom stereocenters. The first kappa shape index (κ1) is 18.7. The number of nitrogens with one attached hydrogen (secondary N) is 2. The van der Waals surface area contributed by atoms with E-state index in [9.17, 15) is 14.9 Å². The molecule has 27 heavy (non-hydrogen) atoms. The van der Waals surface area contributed by atoms with E-state index in [4.69, 9.17) is 0 Å². The minimum absolute atomic E-state index is 0.134. The topological polar surface area (TPSA) is 82.0 Å². The lowest BCUT2D eigenvalue weighted by Crippen LogP contribution is -2.32. The molecule has 0 spiro atoms. The largest absolute Gasteiger partial charge is 0.351 e. The number of carbonyl (C=O) groups excluding carboxylic acids is 2. The number of rotatable bonds is 6. The molecule has 136 valence electrons. The smallest absolute Gasteiger partial charge is 0.230 e. The Morgan fingerprint density at radius 2 is 1.81 bits per heavy atom. The number of benzene rings is 2. The van der Waals surface area contributed by atoms with Crippen molar-refractivity contribution in [3.8, 4) is 6.07 Å². The average Bonchev–Trinajstić information content (AvgIpc) is 2.71. The summed E-state index contributed by atoms with van der Waals surface area (Å²) in [6.07, 6.45) is 0.233. The molecular formula is C21H19N3O2S. The van der Waals surface area contributed by atoms with Gasteiger partial charge in [-0.05, 0) is 11.1 Å². The molecule has 2 N–H and O–H groups in total. The summed E-state index contributed by atoms with van der Waals surface area (Å²) in [4.78, 5) is 24.2. The van der Waals surface area contributed by atoms with Crippen molar-refractivity contribution in [2.45, 2.75) is 18.9 Å². The number of carbonyl (C=O) groups is 2. The van der Waals surface area contributed by atoms with Gasteiger partial charge in [-0.25, -0.2) is 0 Å². The molecule has 2 amide bonds. The maximum absolute atomic E-state index is 12.1. The monoisotopic (exact) mass is 377 g/mol. The van der Waals surface area contributed by atoms with Crippen molar-refractivity contribution in [1.82, 2.24) is 10.6 Å². The first-order valence-electron chi connectivity index (χ1n) is 8.60. The number of hydrogen-bond acceptors (Lipinski definition) is 4. The molecular weight excluding hydrogens is 358 g/mol. The minimum Gasteiger partial charge on any atom is -0.351 e. The van der Waals surface area contributed by atoms with Crippen LogP contribution in [-0.4, -0.2) is 17.6 Å². The van der Waals surface area contributed by atoms with Gasteiger partial charge in [0, 0.05) is 18.9 Å². The fourth-order valence-corrected chi connectivity index (χ4v) is 3.80. The first-order chi connectivity index (χ1) is 13.2. The minimum atomic E-state index is -0.278. The molecule has 1 aliphatic heterocycles. The van der Waals surface area contributed by atoms with Crippen molar-refractivity contribution >= 4 is 23.6 Å². The van der Waals surface area contributed by atoms with Gasteiger partial charge >= 0.3 is 0 Å². The normalized spacial score (nSPS) is 16.4. The Morgan fingerprint density at radius 1 is 1.15 bits per heavy atom. The molecule has 0 aromatic heterocycles. The van der Waals surface area contributed by atoms with Crippen LogP contribution in [0.2, 0.25) is 0 Å². The molecule has 1 heterocycles. The van der Waals surface area contributed by atoms with E-state index in [-0.39, 0.29) is 29.9 Å². The van der Waals surface area contributed by atoms with E-state index >= 15 is 0 Å². The predicted octanol–water partition coefficient (Wildman–Crippen LogP) is 3.07. The van der Waals surface area contributed by atoms with Crippen molar-refractivity contribution in [1.29, 1.82) is 5.26 Å². The van der Waals surface area contributed by atoms with Gasteiger partial charge in [0.1, 0.15) is 0 Å². The number of nitriles is 1. The van der Waals surface area contributed by atoms with Crippen LogP contribution in [0.25, 0.3) is 0 Å². The van der Waals surface area contributed by atoms with E-state index in [0.29, 0.717) is 17.1 Å². The lowest BCUT2D eigenvalue weighted by molar-refractivity contribution is -0.121. The van der Waals surface area contributed by atoms with E-state index in [0.717, 1.165) is 11.1 Å². The van der Waals surface area contributed by atoms with Gasteiger partial charge in [0.05, 0.1) is 22.4 Å². The Labute approximate surface area is 162 Å². The van der Waals surface area contributed by atoms with Crippen LogP contribution in [0.5, 0.6) is 0 Å². The predicted molar refractivity (Wildman–Crippen MR) is 105 cm³/mol. The van der Waals surface area contributed by atoms with E-state index in [1.54, 1.807) is 0 Å². The molecule has 0 radical (unpaired) electrons. The summed E-state index contributed by atoms with van der Waals surface area (Å²) in [6, 6.07) is 21.4. The lowest BCUT2D eigenvalue weighted by atomic mass is 9.87. The van der Waals surface area contributed by atoms with Gasteiger partial charge in [0.15, 0.2) is 0 Å². The molecule has 0 bridgehead atoms. The summed E-state index contributed by atoms with van der Waals surface area (Å²) in [7, 11) is 0. The van der Waals surface area contributed by atoms with Crippen LogP contribution in [0.15, 0.2) is 71.3 Å². The zero-order chi connectivity index (χ0) is 19.1. The van der Waals surface area contributed by atoms with Crippen molar-refractivity contribution in [2.24, 2.45) is 0 Å². The fourth-order valence-electron chi connectivity index (χ4n) is 2.89. The van der Waals surface area contributed by atoms with Gasteiger partial charge in [-0.2, -0.15) is 5.26 Å². The highest BCUT2D eigenvalue weighted by Gasteiger charge is 2.29. The van der Waals surface area contributed by atoms with E-state index in [2.05, 4.69) is 16.7 Å². The van der Waals surface area contributed by atoms with Gasteiger partial charge in [-0.15, -0.1) is 0 Å². The van der Waals surface area contributed by atoms with Crippen molar-refractivity contribution in [3.63, 3.8) is 0 Å². The number of allylic oxidation sites excluding steroid dienone is 1. The molecule has 0 aliphatic carbocycles. The van der Waals surface area contributed by atoms with Crippen LogP contribution >= 0.6 is 11.8 Å². The van der Waals surface area contributed by atoms with Gasteiger partial charge < -0.3 is 10.6 Å². The summed E-state index contributed by atoms with van der Waals surface area (Å²) in [5, 5.41) is 15.7. The zero-order valence-electron chi connectivity index (χ0n) is 14.6. The maximum atomic E-state index is 12.1. The molecule has 0 saturated carbocycles. The van der Waals surface area contributed by atoms with Crippen molar-refractivity contribution < 1.29 is 9.59 Å². The van der Waals surface area contributed by atoms with Crippen molar-refractivity contribution in [3.05, 3.63) is 82.4 Å². The summed E-state index contributed by atoms with van der Waals surface area (Å²) >= 11 is 1.19. The third kappa shape index (κ3) is 4.99. The lowest BCUT2D eigenvalue weighted by Gasteiger charge is -2.25. The standard InChI is InChI=1S/C21H19N3O2S/c22-12-18-17(16-9-5-2-6-10-16)11-19(25)24-21(18)27-14-20(26)23-13-15-7-3-1-4-8-15/h1-10,17H,11,13-14H2,(H,23,26)(H,24,25)/t17-/m1/s1. The van der Waals surface area contributed by atoms with Crippen LogP contribution in [0.1, 0.15) is 23.5 Å². The molecule has 1 aliphatic rings. The number of nitrogens with zero attached hydrogens (tertiary/aromatic N) is 1. The van der Waals surface area contributed by atoms with Crippen LogP contribution < -0.4 is 10.6 Å². The highest BCUT2D eigenvalue weighted by atomic mass is 32.2. The van der Waals surface area contributed by atoms with Crippen LogP contribution in [0.4, 0.5) is 0 Å². The zero-order valence-corrected chi connectivity index (χ0v) is 15.5. The van der Waals surface area contributed by atoms with Crippen LogP contribution in [-0.2, 0) is 16.1 Å². The van der Waals surface area contributed by atoms with E-state index in [1.165, 1.54) is 11.8 Å². The molecule has 0 unspecified atom stereocenters.